The van der Waals surface area contributed by atoms with Crippen LogP contribution in [0, 0.1) is 0 Å². The maximum absolute atomic E-state index is 4.25. The minimum Gasteiger partial charge on any atom is -0.264 e. The van der Waals surface area contributed by atoms with Crippen molar-refractivity contribution in [2.24, 2.45) is 0 Å². The Kier molecular flexibility index (Phi) is 29.2. The highest BCUT2D eigenvalue weighted by atomic mass is 14.9. The summed E-state index contributed by atoms with van der Waals surface area (Å²) < 4.78 is 0. The SMILES string of the molecule is CC(C)(C)c1ccccc1.CC(C)(C)c1ccccn1.CC(C)(C)c1ccccn1.CC(C)(C)c1cccnc1.CC(C)(C)c1cnccn1.CC(C)(C)c1cncnc1.CC(C)(C)c1ncccn1.CC(C)(C)c1ncccn1. The average Bonchev–Trinajstić information content (AvgIpc) is 3.40. The molecule has 0 aliphatic heterocycles. The molecule has 0 bridgehead atoms. The molecule has 0 aliphatic rings. The lowest BCUT2D eigenvalue weighted by Crippen LogP contribution is -2.14. The van der Waals surface area contributed by atoms with Gasteiger partial charge in [0.25, 0.3) is 0 Å². The largest absolute Gasteiger partial charge is 0.264 e. The Hall–Kier alpha value is -7.01. The Balaban J connectivity index is 0.000000457. The summed E-state index contributed by atoms with van der Waals surface area (Å²) in [6.45, 7) is 51.6. The molecular formula is C69H101N11. The van der Waals surface area contributed by atoms with Crippen LogP contribution in [0.5, 0.6) is 0 Å². The average molecular weight is 1080 g/mol. The Morgan fingerprint density at radius 2 is 0.550 bits per heavy atom. The van der Waals surface area contributed by atoms with Crippen molar-refractivity contribution in [1.82, 2.24) is 54.8 Å². The number of hydrogen-bond donors (Lipinski definition) is 0. The van der Waals surface area contributed by atoms with E-state index in [9.17, 15) is 0 Å². The van der Waals surface area contributed by atoms with Gasteiger partial charge in [0.2, 0.25) is 0 Å². The minimum atomic E-state index is 0.0707. The van der Waals surface area contributed by atoms with E-state index in [1.54, 1.807) is 55.9 Å². The molecule has 11 heteroatoms. The second-order valence-corrected chi connectivity index (χ2v) is 27.4. The topological polar surface area (TPSA) is 142 Å². The maximum Gasteiger partial charge on any atom is 0.133 e. The molecule has 80 heavy (non-hydrogen) atoms. The fourth-order valence-corrected chi connectivity index (χ4v) is 6.10. The standard InChI is InChI=1S/C10H14.3C9H13N.4C8H12N2/c1-10(2,3)9-7-5-4-6-8-9;1-9(2,3)8-5-4-6-10-7-8;2*1-9(2,3)8-6-4-5-7-10-8;1-8(2,3)7-4-9-6-10-5-7;1-8(2,3)7-6-9-4-5-10-7;2*1-8(2,3)7-9-5-4-6-10-7/h4-8H,1-3H3;3*4-7H,1-3H3;4*4-6H,1-3H3. The molecule has 0 spiro atoms. The van der Waals surface area contributed by atoms with E-state index in [4.69, 9.17) is 0 Å². The molecule has 7 heterocycles. The fourth-order valence-electron chi connectivity index (χ4n) is 6.10. The number of nitrogens with zero attached hydrogens (tertiary/aromatic N) is 11. The van der Waals surface area contributed by atoms with Gasteiger partial charge in [-0.2, -0.15) is 0 Å². The van der Waals surface area contributed by atoms with Crippen molar-refractivity contribution in [3.8, 4) is 0 Å². The van der Waals surface area contributed by atoms with Gasteiger partial charge in [0, 0.05) is 119 Å². The third kappa shape index (κ3) is 31.5. The number of hydrogen-bond acceptors (Lipinski definition) is 11. The number of pyridine rings is 3. The quantitative estimate of drug-likeness (QED) is 0.143. The molecular weight excluding hydrogens is 983 g/mol. The molecule has 0 saturated heterocycles. The third-order valence-electron chi connectivity index (χ3n) is 11.3. The molecule has 0 saturated carbocycles. The van der Waals surface area contributed by atoms with Crippen LogP contribution in [0.2, 0.25) is 0 Å². The van der Waals surface area contributed by atoms with Crippen molar-refractivity contribution in [2.75, 3.05) is 0 Å². The smallest absolute Gasteiger partial charge is 0.133 e. The predicted octanol–water partition coefficient (Wildman–Crippen LogP) is 17.2. The van der Waals surface area contributed by atoms with E-state index >= 15 is 0 Å². The van der Waals surface area contributed by atoms with Crippen molar-refractivity contribution in [1.29, 1.82) is 0 Å². The molecule has 0 radical (unpaired) electrons. The molecule has 8 rings (SSSR count). The van der Waals surface area contributed by atoms with Gasteiger partial charge in [0.1, 0.15) is 18.0 Å². The van der Waals surface area contributed by atoms with E-state index in [1.807, 2.05) is 73.4 Å². The molecule has 0 atom stereocenters. The molecule has 0 unspecified atom stereocenters. The van der Waals surface area contributed by atoms with Crippen molar-refractivity contribution in [3.05, 3.63) is 223 Å². The highest BCUT2D eigenvalue weighted by molar-refractivity contribution is 5.22. The molecule has 0 aliphatic carbocycles. The second-order valence-electron chi connectivity index (χ2n) is 27.4. The van der Waals surface area contributed by atoms with Crippen LogP contribution in [0.1, 0.15) is 212 Å². The van der Waals surface area contributed by atoms with Gasteiger partial charge in [-0.3, -0.25) is 24.9 Å². The first kappa shape index (κ1) is 71.0. The minimum absolute atomic E-state index is 0.0707. The summed E-state index contributed by atoms with van der Waals surface area (Å²) in [6, 6.07) is 30.3. The molecule has 11 nitrogen and oxygen atoms in total. The summed E-state index contributed by atoms with van der Waals surface area (Å²) in [5, 5.41) is 0. The predicted molar refractivity (Wildman–Crippen MR) is 337 cm³/mol. The first-order valence-corrected chi connectivity index (χ1v) is 27.7. The van der Waals surface area contributed by atoms with Crippen LogP contribution in [0.4, 0.5) is 0 Å². The summed E-state index contributed by atoms with van der Waals surface area (Å²) in [4.78, 5) is 45.2. The van der Waals surface area contributed by atoms with Gasteiger partial charge in [-0.05, 0) is 75.4 Å². The van der Waals surface area contributed by atoms with Crippen molar-refractivity contribution in [3.63, 3.8) is 0 Å². The summed E-state index contributed by atoms with van der Waals surface area (Å²) in [5.74, 6) is 1.80. The van der Waals surface area contributed by atoms with Gasteiger partial charge in [-0.15, -0.1) is 0 Å². The van der Waals surface area contributed by atoms with Crippen LogP contribution < -0.4 is 0 Å². The van der Waals surface area contributed by atoms with E-state index in [0.717, 1.165) is 28.7 Å². The lowest BCUT2D eigenvalue weighted by atomic mass is 9.87. The van der Waals surface area contributed by atoms with Gasteiger partial charge in [0.15, 0.2) is 0 Å². The van der Waals surface area contributed by atoms with Gasteiger partial charge in [-0.1, -0.05) is 215 Å². The number of benzene rings is 1. The molecule has 432 valence electrons. The van der Waals surface area contributed by atoms with Crippen LogP contribution in [0.15, 0.2) is 178 Å². The normalized spacial score (nSPS) is 11.5. The van der Waals surface area contributed by atoms with Crippen molar-refractivity contribution in [2.45, 2.75) is 209 Å². The monoisotopic (exact) mass is 1080 g/mol. The summed E-state index contributed by atoms with van der Waals surface area (Å²) in [6.07, 6.45) is 24.9. The van der Waals surface area contributed by atoms with E-state index in [0.29, 0.717) is 5.41 Å². The van der Waals surface area contributed by atoms with Crippen molar-refractivity contribution < 1.29 is 0 Å². The van der Waals surface area contributed by atoms with Crippen LogP contribution in [0.3, 0.4) is 0 Å². The molecule has 0 N–H and O–H groups in total. The molecule has 1 aromatic carbocycles. The van der Waals surface area contributed by atoms with Crippen molar-refractivity contribution >= 4 is 0 Å². The summed E-state index contributed by atoms with van der Waals surface area (Å²) >= 11 is 0. The third-order valence-corrected chi connectivity index (χ3v) is 11.3. The Bertz CT molecular complexity index is 2170. The zero-order chi connectivity index (χ0) is 60.9. The van der Waals surface area contributed by atoms with Gasteiger partial charge in [0.05, 0.1) is 5.69 Å². The Morgan fingerprint density at radius 3 is 0.775 bits per heavy atom. The van der Waals surface area contributed by atoms with Gasteiger partial charge in [-0.25, -0.2) is 29.9 Å². The Morgan fingerprint density at radius 1 is 0.212 bits per heavy atom. The van der Waals surface area contributed by atoms with E-state index in [2.05, 4.69) is 270 Å². The lowest BCUT2D eigenvalue weighted by molar-refractivity contribution is 0.545. The Labute approximate surface area is 485 Å². The zero-order valence-corrected chi connectivity index (χ0v) is 53.7. The summed E-state index contributed by atoms with van der Waals surface area (Å²) in [5.41, 5.74) is 8.51. The highest BCUT2D eigenvalue weighted by Crippen LogP contribution is 2.24. The van der Waals surface area contributed by atoms with Crippen LogP contribution in [0.25, 0.3) is 0 Å². The highest BCUT2D eigenvalue weighted by Gasteiger charge is 2.18. The first-order valence-electron chi connectivity index (χ1n) is 27.7. The lowest BCUT2D eigenvalue weighted by Gasteiger charge is -2.18. The molecule has 8 aromatic rings. The number of aromatic nitrogens is 11. The van der Waals surface area contributed by atoms with E-state index < -0.39 is 0 Å². The summed E-state index contributed by atoms with van der Waals surface area (Å²) in [7, 11) is 0. The van der Waals surface area contributed by atoms with Gasteiger partial charge < -0.3 is 0 Å². The maximum atomic E-state index is 4.25. The van der Waals surface area contributed by atoms with Crippen LogP contribution >= 0.6 is 0 Å². The molecule has 0 amide bonds. The van der Waals surface area contributed by atoms with Crippen LogP contribution in [-0.4, -0.2) is 54.8 Å². The molecule has 0 fully saturated rings. The van der Waals surface area contributed by atoms with E-state index in [1.165, 1.54) is 16.7 Å². The fraction of sp³-hybridized carbons (Fsp3) is 0.464. The number of rotatable bonds is 0. The zero-order valence-electron chi connectivity index (χ0n) is 53.7. The molecule has 7 aromatic heterocycles. The first-order chi connectivity index (χ1) is 36.8. The van der Waals surface area contributed by atoms with Gasteiger partial charge >= 0.3 is 0 Å². The van der Waals surface area contributed by atoms with Crippen LogP contribution in [-0.2, 0) is 43.3 Å². The second kappa shape index (κ2) is 32.9. The van der Waals surface area contributed by atoms with E-state index in [-0.39, 0.29) is 37.9 Å².